The summed E-state index contributed by atoms with van der Waals surface area (Å²) in [5, 5.41) is 0.472. The third-order valence-electron chi connectivity index (χ3n) is 5.39. The van der Waals surface area contributed by atoms with Gasteiger partial charge in [-0.15, -0.1) is 0 Å². The first-order chi connectivity index (χ1) is 16.9. The number of rotatable bonds is 7. The van der Waals surface area contributed by atoms with E-state index in [9.17, 15) is 30.0 Å². The average Bonchev–Trinajstić information content (AvgIpc) is 2.82. The summed E-state index contributed by atoms with van der Waals surface area (Å²) in [6.07, 6.45) is -4.49. The summed E-state index contributed by atoms with van der Waals surface area (Å²) in [5.74, 6) is -0.0483. The van der Waals surface area contributed by atoms with Gasteiger partial charge in [-0.3, -0.25) is 0 Å². The third-order valence-corrected chi connectivity index (χ3v) is 8.10. The predicted octanol–water partition coefficient (Wildman–Crippen LogP) is 5.41. The molecule has 0 saturated heterocycles. The van der Waals surface area contributed by atoms with Gasteiger partial charge in [-0.25, -0.2) is 13.1 Å². The second-order valence-corrected chi connectivity index (χ2v) is 11.3. The highest BCUT2D eigenvalue weighted by Crippen LogP contribution is 2.32. The molecule has 0 amide bonds. The van der Waals surface area contributed by atoms with Crippen molar-refractivity contribution in [3.8, 4) is 5.75 Å². The van der Waals surface area contributed by atoms with Crippen molar-refractivity contribution in [3.63, 3.8) is 0 Å². The highest BCUT2D eigenvalue weighted by Gasteiger charge is 2.30. The Morgan fingerprint density at radius 3 is 2.03 bits per heavy atom. The van der Waals surface area contributed by atoms with Crippen LogP contribution in [0.25, 0.3) is 10.8 Å². The van der Waals surface area contributed by atoms with Crippen LogP contribution < -0.4 is 8.91 Å². The number of aryl methyl sites for hydroxylation is 1. The molecule has 188 valence electrons. The number of alkyl halides is 3. The standard InChI is InChI=1S/C25H20F3NO5S2/c1-17-8-14-20(15-9-17)36(32,33)34-23-6-2-5-22-21(23)4-3-7-24(22)35(30,31)29-16-18-10-12-19(13-11-18)25(26,27)28/h2-15,29H,16H2,1H3. The SMILES string of the molecule is Cc1ccc(S(=O)(=O)Oc2cccc3c(S(=O)(=O)NCc4ccc(C(F)(F)F)cc4)cccc23)cc1. The van der Waals surface area contributed by atoms with Crippen molar-refractivity contribution in [3.05, 3.63) is 102 Å². The summed E-state index contributed by atoms with van der Waals surface area (Å²) in [4.78, 5) is -0.183. The molecule has 1 N–H and O–H groups in total. The maximum absolute atomic E-state index is 13.0. The van der Waals surface area contributed by atoms with Gasteiger partial charge in [0.05, 0.1) is 10.5 Å². The summed E-state index contributed by atoms with van der Waals surface area (Å²) in [5.41, 5.74) is 0.369. The highest BCUT2D eigenvalue weighted by atomic mass is 32.2. The van der Waals surface area contributed by atoms with Gasteiger partial charge in [-0.1, -0.05) is 54.1 Å². The summed E-state index contributed by atoms with van der Waals surface area (Å²) in [6, 6.07) is 18.9. The lowest BCUT2D eigenvalue weighted by Gasteiger charge is -2.13. The van der Waals surface area contributed by atoms with Gasteiger partial charge in [-0.2, -0.15) is 21.6 Å². The molecule has 0 spiro atoms. The summed E-state index contributed by atoms with van der Waals surface area (Å²) < 4.78 is 97.6. The Balaban J connectivity index is 1.62. The molecule has 4 aromatic carbocycles. The molecule has 0 bridgehead atoms. The Hall–Kier alpha value is -3.41. The minimum Gasteiger partial charge on any atom is -0.378 e. The molecule has 0 aliphatic heterocycles. The van der Waals surface area contributed by atoms with E-state index in [1.165, 1.54) is 60.7 Å². The monoisotopic (exact) mass is 535 g/mol. The molecule has 6 nitrogen and oxygen atoms in total. The minimum absolute atomic E-state index is 0.0483. The Bertz CT molecular complexity index is 1620. The lowest BCUT2D eigenvalue weighted by molar-refractivity contribution is -0.137. The summed E-state index contributed by atoms with van der Waals surface area (Å²) >= 11 is 0. The van der Waals surface area contributed by atoms with Crippen LogP contribution in [0.15, 0.2) is 94.7 Å². The number of sulfonamides is 1. The van der Waals surface area contributed by atoms with Crippen LogP contribution in [0.4, 0.5) is 13.2 Å². The topological polar surface area (TPSA) is 89.5 Å². The van der Waals surface area contributed by atoms with Gasteiger partial charge in [0.2, 0.25) is 10.0 Å². The molecule has 0 saturated carbocycles. The molecule has 11 heteroatoms. The normalized spacial score (nSPS) is 12.6. The smallest absolute Gasteiger partial charge is 0.378 e. The molecule has 0 aliphatic rings. The van der Waals surface area contributed by atoms with E-state index in [1.54, 1.807) is 12.1 Å². The largest absolute Gasteiger partial charge is 0.416 e. The van der Waals surface area contributed by atoms with E-state index in [0.29, 0.717) is 5.56 Å². The number of benzene rings is 4. The molecule has 0 atom stereocenters. The number of hydrogen-bond donors (Lipinski definition) is 1. The molecule has 0 unspecified atom stereocenters. The van der Waals surface area contributed by atoms with E-state index in [0.717, 1.165) is 17.7 Å². The van der Waals surface area contributed by atoms with E-state index >= 15 is 0 Å². The van der Waals surface area contributed by atoms with Gasteiger partial charge >= 0.3 is 16.3 Å². The molecule has 4 rings (SSSR count). The lowest BCUT2D eigenvalue weighted by Crippen LogP contribution is -2.23. The third kappa shape index (κ3) is 5.53. The number of hydrogen-bond acceptors (Lipinski definition) is 5. The van der Waals surface area contributed by atoms with Gasteiger partial charge < -0.3 is 4.18 Å². The number of nitrogens with one attached hydrogen (secondary N) is 1. The van der Waals surface area contributed by atoms with E-state index < -0.39 is 31.9 Å². The van der Waals surface area contributed by atoms with E-state index in [1.807, 2.05) is 6.92 Å². The lowest BCUT2D eigenvalue weighted by atomic mass is 10.1. The summed E-state index contributed by atoms with van der Waals surface area (Å²) in [6.45, 7) is 1.57. The summed E-state index contributed by atoms with van der Waals surface area (Å²) in [7, 11) is -8.29. The van der Waals surface area contributed by atoms with Crippen LogP contribution >= 0.6 is 0 Å². The highest BCUT2D eigenvalue weighted by molar-refractivity contribution is 7.89. The van der Waals surface area contributed by atoms with Crippen molar-refractivity contribution in [2.24, 2.45) is 0 Å². The van der Waals surface area contributed by atoms with Gasteiger partial charge in [0.25, 0.3) is 0 Å². The van der Waals surface area contributed by atoms with Gasteiger partial charge in [0.15, 0.2) is 5.75 Å². The first-order valence-electron chi connectivity index (χ1n) is 10.6. The zero-order valence-corrected chi connectivity index (χ0v) is 20.4. The van der Waals surface area contributed by atoms with Crippen molar-refractivity contribution in [2.45, 2.75) is 29.4 Å². The molecule has 0 radical (unpaired) electrons. The van der Waals surface area contributed by atoms with Crippen LogP contribution in [0.3, 0.4) is 0 Å². The zero-order valence-electron chi connectivity index (χ0n) is 18.8. The molecule has 4 aromatic rings. The van der Waals surface area contributed by atoms with Crippen LogP contribution in [0, 0.1) is 6.92 Å². The second kappa shape index (κ2) is 9.57. The Morgan fingerprint density at radius 2 is 1.39 bits per heavy atom. The molecule has 0 aromatic heterocycles. The van der Waals surface area contributed by atoms with Crippen molar-refractivity contribution in [2.75, 3.05) is 0 Å². The fraction of sp³-hybridized carbons (Fsp3) is 0.120. The zero-order chi connectivity index (χ0) is 26.1. The van der Waals surface area contributed by atoms with E-state index in [4.69, 9.17) is 4.18 Å². The molecule has 0 heterocycles. The van der Waals surface area contributed by atoms with Crippen molar-refractivity contribution < 1.29 is 34.2 Å². The van der Waals surface area contributed by atoms with Gasteiger partial charge in [0, 0.05) is 17.3 Å². The first kappa shape index (κ1) is 25.7. The Morgan fingerprint density at radius 1 is 0.778 bits per heavy atom. The minimum atomic E-state index is -4.49. The van der Waals surface area contributed by atoms with Crippen LogP contribution in [-0.4, -0.2) is 16.8 Å². The molecular weight excluding hydrogens is 515 g/mol. The van der Waals surface area contributed by atoms with Crippen LogP contribution in [0.1, 0.15) is 16.7 Å². The average molecular weight is 536 g/mol. The first-order valence-corrected chi connectivity index (χ1v) is 13.4. The van der Waals surface area contributed by atoms with Crippen molar-refractivity contribution in [1.29, 1.82) is 0 Å². The van der Waals surface area contributed by atoms with Gasteiger partial charge in [0.1, 0.15) is 4.90 Å². The number of fused-ring (bicyclic) bond motifs is 1. The maximum Gasteiger partial charge on any atom is 0.416 e. The quantitative estimate of drug-likeness (QED) is 0.320. The van der Waals surface area contributed by atoms with Crippen LogP contribution in [-0.2, 0) is 32.9 Å². The molecular formula is C25H20F3NO5S2. The Labute approximate surface area is 206 Å². The van der Waals surface area contributed by atoms with Crippen LogP contribution in [0.2, 0.25) is 0 Å². The maximum atomic E-state index is 13.0. The fourth-order valence-electron chi connectivity index (χ4n) is 3.50. The second-order valence-electron chi connectivity index (χ2n) is 7.98. The Kier molecular flexibility index (Phi) is 6.82. The van der Waals surface area contributed by atoms with Crippen molar-refractivity contribution >= 4 is 30.9 Å². The van der Waals surface area contributed by atoms with E-state index in [2.05, 4.69) is 4.72 Å². The van der Waals surface area contributed by atoms with Gasteiger partial charge in [-0.05, 0) is 48.9 Å². The molecule has 0 fully saturated rings. The van der Waals surface area contributed by atoms with Crippen LogP contribution in [0.5, 0.6) is 5.75 Å². The van der Waals surface area contributed by atoms with E-state index in [-0.39, 0.29) is 32.9 Å². The molecule has 0 aliphatic carbocycles. The molecule has 36 heavy (non-hydrogen) atoms. The van der Waals surface area contributed by atoms with Crippen molar-refractivity contribution in [1.82, 2.24) is 4.72 Å². The number of halogens is 3. The predicted molar refractivity (Wildman–Crippen MR) is 128 cm³/mol. The fourth-order valence-corrected chi connectivity index (χ4v) is 5.68.